The Morgan fingerprint density at radius 2 is 1.79 bits per heavy atom. The van der Waals surface area contributed by atoms with Gasteiger partial charge in [-0.3, -0.25) is 5.84 Å². The van der Waals surface area contributed by atoms with Crippen LogP contribution in [0.4, 0.5) is 18.9 Å². The van der Waals surface area contributed by atoms with Gasteiger partial charge in [-0.05, 0) is 35.0 Å². The van der Waals surface area contributed by atoms with Gasteiger partial charge >= 0.3 is 6.18 Å². The van der Waals surface area contributed by atoms with Gasteiger partial charge in [-0.1, -0.05) is 15.9 Å². The van der Waals surface area contributed by atoms with Gasteiger partial charge < -0.3 is 5.43 Å². The number of fused-ring (bicyclic) bond motifs is 1. The number of nitrogens with one attached hydrogen (secondary N) is 1. The van der Waals surface area contributed by atoms with E-state index in [9.17, 15) is 13.2 Å². The topological polar surface area (TPSA) is 50.9 Å². The van der Waals surface area contributed by atoms with Crippen LogP contribution in [-0.4, -0.2) is 4.98 Å². The molecule has 1 aromatic carbocycles. The number of hydrogen-bond acceptors (Lipinski definition) is 3. The predicted octanol–water partition coefficient (Wildman–Crippen LogP) is 4.37. The third-order valence-electron chi connectivity index (χ3n) is 2.69. The van der Waals surface area contributed by atoms with Crippen LogP contribution in [0.15, 0.2) is 21.1 Å². The van der Waals surface area contributed by atoms with E-state index in [2.05, 4.69) is 42.3 Å². The van der Waals surface area contributed by atoms with Crippen LogP contribution in [0, 0.1) is 6.92 Å². The Hall–Kier alpha value is -0.860. The van der Waals surface area contributed by atoms with E-state index in [0.29, 0.717) is 14.3 Å². The molecule has 0 unspecified atom stereocenters. The SMILES string of the molecule is Cc1c(C(F)(F)F)nc2c(Br)ccc(Br)c2c1NN. The standard InChI is InChI=1S/C11H8Br2F3N3/c1-4-8(19-17)7-5(12)2-3-6(13)9(7)18-10(4)11(14,15)16/h2-3H,17H2,1H3,(H,18,19). The second-order valence-corrected chi connectivity index (χ2v) is 5.56. The lowest BCUT2D eigenvalue weighted by atomic mass is 10.1. The van der Waals surface area contributed by atoms with Gasteiger partial charge in [0.2, 0.25) is 0 Å². The largest absolute Gasteiger partial charge is 0.433 e. The van der Waals surface area contributed by atoms with E-state index in [4.69, 9.17) is 5.84 Å². The summed E-state index contributed by atoms with van der Waals surface area (Å²) in [6.07, 6.45) is -4.54. The number of hydrazine groups is 1. The molecule has 102 valence electrons. The maximum Gasteiger partial charge on any atom is 0.433 e. The minimum atomic E-state index is -4.54. The summed E-state index contributed by atoms with van der Waals surface area (Å²) in [7, 11) is 0. The van der Waals surface area contributed by atoms with Gasteiger partial charge in [0.05, 0.1) is 11.2 Å². The molecule has 0 atom stereocenters. The highest BCUT2D eigenvalue weighted by molar-refractivity contribution is 9.11. The van der Waals surface area contributed by atoms with Crippen LogP contribution in [0.2, 0.25) is 0 Å². The summed E-state index contributed by atoms with van der Waals surface area (Å²) in [5, 5.41) is 0.502. The van der Waals surface area contributed by atoms with E-state index in [1.54, 1.807) is 12.1 Å². The Kier molecular flexibility index (Phi) is 3.76. The molecule has 3 nitrogen and oxygen atoms in total. The molecule has 0 spiro atoms. The molecule has 0 radical (unpaired) electrons. The Balaban J connectivity index is 2.99. The molecule has 0 saturated heterocycles. The molecule has 0 bridgehead atoms. The molecular formula is C11H8Br2F3N3. The molecule has 0 saturated carbocycles. The summed E-state index contributed by atoms with van der Waals surface area (Å²) in [6.45, 7) is 1.33. The van der Waals surface area contributed by atoms with Gasteiger partial charge in [-0.15, -0.1) is 0 Å². The third kappa shape index (κ3) is 2.44. The first kappa shape index (κ1) is 14.5. The predicted molar refractivity (Wildman–Crippen MR) is 74.7 cm³/mol. The molecule has 0 aliphatic rings. The number of halogens is 5. The minimum Gasteiger partial charge on any atom is -0.323 e. The molecule has 2 rings (SSSR count). The van der Waals surface area contributed by atoms with Crippen LogP contribution in [0.25, 0.3) is 10.9 Å². The monoisotopic (exact) mass is 397 g/mol. The highest BCUT2D eigenvalue weighted by Crippen LogP contribution is 2.41. The van der Waals surface area contributed by atoms with Crippen LogP contribution in [0.1, 0.15) is 11.3 Å². The van der Waals surface area contributed by atoms with Crippen LogP contribution in [-0.2, 0) is 6.18 Å². The van der Waals surface area contributed by atoms with Crippen LogP contribution < -0.4 is 11.3 Å². The van der Waals surface area contributed by atoms with Gasteiger partial charge in [0.25, 0.3) is 0 Å². The number of nitrogen functional groups attached to an aromatic ring is 1. The number of nitrogens with zero attached hydrogens (tertiary/aromatic N) is 1. The Morgan fingerprint density at radius 3 is 2.32 bits per heavy atom. The third-order valence-corrected chi connectivity index (χ3v) is 4.00. The molecule has 19 heavy (non-hydrogen) atoms. The fraction of sp³-hybridized carbons (Fsp3) is 0.182. The number of benzene rings is 1. The fourth-order valence-electron chi connectivity index (χ4n) is 1.85. The lowest BCUT2D eigenvalue weighted by molar-refractivity contribution is -0.141. The summed E-state index contributed by atoms with van der Waals surface area (Å²) >= 11 is 6.49. The van der Waals surface area contributed by atoms with E-state index < -0.39 is 11.9 Å². The molecule has 1 heterocycles. The van der Waals surface area contributed by atoms with Crippen molar-refractivity contribution in [2.75, 3.05) is 5.43 Å². The number of nitrogens with two attached hydrogens (primary N) is 1. The molecule has 2 aromatic rings. The van der Waals surface area contributed by atoms with Crippen molar-refractivity contribution >= 4 is 48.5 Å². The Labute approximate surface area is 123 Å². The molecule has 0 amide bonds. The first-order chi connectivity index (χ1) is 8.77. The summed E-state index contributed by atoms with van der Waals surface area (Å²) < 4.78 is 40.0. The Bertz CT molecular complexity index is 656. The van der Waals surface area contributed by atoms with Crippen molar-refractivity contribution in [1.29, 1.82) is 0 Å². The summed E-state index contributed by atoms with van der Waals surface area (Å²) in [5.41, 5.74) is 1.73. The number of alkyl halides is 3. The van der Waals surface area contributed by atoms with Gasteiger partial charge in [0.1, 0.15) is 5.69 Å². The van der Waals surface area contributed by atoms with E-state index in [0.717, 1.165) is 0 Å². The molecule has 1 aromatic heterocycles. The van der Waals surface area contributed by atoms with Crippen molar-refractivity contribution in [2.45, 2.75) is 13.1 Å². The highest BCUT2D eigenvalue weighted by Gasteiger charge is 2.36. The number of aromatic nitrogens is 1. The molecule has 0 fully saturated rings. The first-order valence-electron chi connectivity index (χ1n) is 5.09. The number of hydrogen-bond donors (Lipinski definition) is 2. The highest BCUT2D eigenvalue weighted by atomic mass is 79.9. The summed E-state index contributed by atoms with van der Waals surface area (Å²) in [4.78, 5) is 3.72. The lowest BCUT2D eigenvalue weighted by Crippen LogP contribution is -2.16. The molecule has 0 aliphatic heterocycles. The van der Waals surface area contributed by atoms with Gasteiger partial charge in [0, 0.05) is 19.9 Å². The van der Waals surface area contributed by atoms with Crippen LogP contribution in [0.5, 0.6) is 0 Å². The van der Waals surface area contributed by atoms with Crippen molar-refractivity contribution in [3.05, 3.63) is 32.3 Å². The summed E-state index contributed by atoms with van der Waals surface area (Å²) in [6, 6.07) is 3.33. The number of rotatable bonds is 1. The normalized spacial score (nSPS) is 11.9. The van der Waals surface area contributed by atoms with E-state index in [1.807, 2.05) is 0 Å². The zero-order valence-corrected chi connectivity index (χ0v) is 12.7. The maximum absolute atomic E-state index is 13.0. The second kappa shape index (κ2) is 4.92. The van der Waals surface area contributed by atoms with E-state index in [-0.39, 0.29) is 16.8 Å². The maximum atomic E-state index is 13.0. The average molecular weight is 399 g/mol. The van der Waals surface area contributed by atoms with Crippen molar-refractivity contribution in [1.82, 2.24) is 4.98 Å². The fourth-order valence-corrected chi connectivity index (χ4v) is 2.78. The molecule has 0 aliphatic carbocycles. The van der Waals surface area contributed by atoms with E-state index >= 15 is 0 Å². The first-order valence-corrected chi connectivity index (χ1v) is 6.68. The quantitative estimate of drug-likeness (QED) is 0.553. The van der Waals surface area contributed by atoms with E-state index in [1.165, 1.54) is 6.92 Å². The van der Waals surface area contributed by atoms with Crippen LogP contribution >= 0.6 is 31.9 Å². The van der Waals surface area contributed by atoms with Crippen molar-refractivity contribution in [3.63, 3.8) is 0 Å². The van der Waals surface area contributed by atoms with Crippen molar-refractivity contribution < 1.29 is 13.2 Å². The number of pyridine rings is 1. The van der Waals surface area contributed by atoms with Crippen LogP contribution in [0.3, 0.4) is 0 Å². The van der Waals surface area contributed by atoms with Gasteiger partial charge in [-0.2, -0.15) is 13.2 Å². The van der Waals surface area contributed by atoms with Gasteiger partial charge in [-0.25, -0.2) is 4.98 Å². The average Bonchev–Trinajstić information content (AvgIpc) is 2.32. The van der Waals surface area contributed by atoms with Crippen molar-refractivity contribution in [2.24, 2.45) is 5.84 Å². The molecule has 3 N–H and O–H groups in total. The lowest BCUT2D eigenvalue weighted by Gasteiger charge is -2.17. The zero-order valence-electron chi connectivity index (χ0n) is 9.57. The minimum absolute atomic E-state index is 0.0405. The summed E-state index contributed by atoms with van der Waals surface area (Å²) in [5.74, 6) is 5.37. The molecular weight excluding hydrogens is 391 g/mol. The number of anilines is 1. The smallest absolute Gasteiger partial charge is 0.323 e. The molecule has 8 heteroatoms. The Morgan fingerprint density at radius 1 is 1.21 bits per heavy atom. The zero-order chi connectivity index (χ0) is 14.4. The van der Waals surface area contributed by atoms with Gasteiger partial charge in [0.15, 0.2) is 0 Å². The second-order valence-electron chi connectivity index (χ2n) is 3.86. The van der Waals surface area contributed by atoms with Crippen molar-refractivity contribution in [3.8, 4) is 0 Å².